The van der Waals surface area contributed by atoms with Gasteiger partial charge in [-0.1, -0.05) is 0 Å². The van der Waals surface area contributed by atoms with E-state index in [2.05, 4.69) is 6.92 Å². The monoisotopic (exact) mass is 252 g/mol. The average molecular weight is 252 g/mol. The maximum atomic E-state index is 12.2. The van der Waals surface area contributed by atoms with Crippen molar-refractivity contribution < 1.29 is 19.0 Å². The predicted molar refractivity (Wildman–Crippen MR) is 63.0 cm³/mol. The van der Waals surface area contributed by atoms with Crippen molar-refractivity contribution in [1.82, 2.24) is 0 Å². The van der Waals surface area contributed by atoms with Gasteiger partial charge in [0.15, 0.2) is 0 Å². The summed E-state index contributed by atoms with van der Waals surface area (Å²) in [5.41, 5.74) is -0.179. The van der Waals surface area contributed by atoms with Crippen LogP contribution in [0.5, 0.6) is 0 Å². The minimum atomic E-state index is -0.179. The molecule has 2 saturated carbocycles. The maximum Gasteiger partial charge on any atom is 0.309 e. The molecule has 6 atom stereocenters. The molecule has 2 aliphatic carbocycles. The molecule has 4 nitrogen and oxygen atoms in total. The molecule has 4 rings (SSSR count). The lowest BCUT2D eigenvalue weighted by molar-refractivity contribution is -0.159. The summed E-state index contributed by atoms with van der Waals surface area (Å²) in [7, 11) is 0. The summed E-state index contributed by atoms with van der Waals surface area (Å²) in [5.74, 6) is 0.0304. The Labute approximate surface area is 107 Å². The highest BCUT2D eigenvalue weighted by Crippen LogP contribution is 2.49. The predicted octanol–water partition coefficient (Wildman–Crippen LogP) is 1.81. The van der Waals surface area contributed by atoms with Crippen LogP contribution in [0.15, 0.2) is 0 Å². The van der Waals surface area contributed by atoms with Gasteiger partial charge >= 0.3 is 5.97 Å². The van der Waals surface area contributed by atoms with Crippen LogP contribution in [0.1, 0.15) is 45.4 Å². The van der Waals surface area contributed by atoms with Crippen LogP contribution >= 0.6 is 0 Å². The second-order valence-electron chi connectivity index (χ2n) is 6.37. The Balaban J connectivity index is 1.37. The zero-order valence-electron chi connectivity index (χ0n) is 10.8. The van der Waals surface area contributed by atoms with Gasteiger partial charge in [0.2, 0.25) is 0 Å². The molecule has 100 valence electrons. The molecule has 0 amide bonds. The van der Waals surface area contributed by atoms with Crippen molar-refractivity contribution in [1.29, 1.82) is 0 Å². The van der Waals surface area contributed by atoms with E-state index in [4.69, 9.17) is 14.2 Å². The number of carbonyl (C=O) groups excluding carboxylic acids is 1. The van der Waals surface area contributed by atoms with Gasteiger partial charge in [0.25, 0.3) is 0 Å². The summed E-state index contributed by atoms with van der Waals surface area (Å²) in [6.07, 6.45) is 7.06. The molecule has 2 heterocycles. The standard InChI is InChI=1S/C14H20O4/c1-14-11(3-2-4-12(14)18-14)17-13(15)8-5-6-9-10(7-8)16-9/h8-12H,2-7H2,1H3. The lowest BCUT2D eigenvalue weighted by atomic mass is 9.86. The van der Waals surface area contributed by atoms with Gasteiger partial charge in [-0.05, 0) is 45.4 Å². The normalized spacial score (nSPS) is 53.1. The van der Waals surface area contributed by atoms with Gasteiger partial charge in [-0.25, -0.2) is 0 Å². The Morgan fingerprint density at radius 1 is 1.22 bits per heavy atom. The summed E-state index contributed by atoms with van der Waals surface area (Å²) in [6.45, 7) is 2.08. The first-order valence-corrected chi connectivity index (χ1v) is 7.20. The molecule has 18 heavy (non-hydrogen) atoms. The maximum absolute atomic E-state index is 12.2. The average Bonchev–Trinajstić information content (AvgIpc) is 3.22. The Bertz CT molecular complexity index is 382. The zero-order valence-corrected chi connectivity index (χ0v) is 10.8. The molecule has 0 aromatic rings. The molecule has 0 radical (unpaired) electrons. The SMILES string of the molecule is CC12OC1CCCC2OC(=O)C1CCC2OC2C1. The molecule has 4 aliphatic rings. The van der Waals surface area contributed by atoms with Crippen LogP contribution < -0.4 is 0 Å². The molecule has 2 aliphatic heterocycles. The number of fused-ring (bicyclic) bond motifs is 2. The molecule has 4 heteroatoms. The van der Waals surface area contributed by atoms with Gasteiger partial charge in [-0.3, -0.25) is 4.79 Å². The first-order chi connectivity index (χ1) is 8.67. The molecule has 0 N–H and O–H groups in total. The highest BCUT2D eigenvalue weighted by atomic mass is 16.6. The second kappa shape index (κ2) is 3.70. The lowest BCUT2D eigenvalue weighted by Crippen LogP contribution is -2.39. The fourth-order valence-electron chi connectivity index (χ4n) is 3.71. The highest BCUT2D eigenvalue weighted by Gasteiger charge is 2.61. The largest absolute Gasteiger partial charge is 0.459 e. The molecule has 0 spiro atoms. The van der Waals surface area contributed by atoms with Crippen molar-refractivity contribution in [2.24, 2.45) is 5.92 Å². The Morgan fingerprint density at radius 3 is 2.94 bits per heavy atom. The lowest BCUT2D eigenvalue weighted by Gasteiger charge is -2.27. The summed E-state index contributed by atoms with van der Waals surface area (Å²) < 4.78 is 16.9. The first-order valence-electron chi connectivity index (χ1n) is 7.20. The van der Waals surface area contributed by atoms with Crippen molar-refractivity contribution in [3.8, 4) is 0 Å². The van der Waals surface area contributed by atoms with E-state index in [1.165, 1.54) is 0 Å². The Kier molecular flexibility index (Phi) is 2.31. The smallest absolute Gasteiger partial charge is 0.309 e. The van der Waals surface area contributed by atoms with Crippen molar-refractivity contribution in [2.45, 2.75) is 75.5 Å². The van der Waals surface area contributed by atoms with Crippen molar-refractivity contribution in [3.63, 3.8) is 0 Å². The van der Waals surface area contributed by atoms with Crippen LogP contribution in [0.25, 0.3) is 0 Å². The Morgan fingerprint density at radius 2 is 2.11 bits per heavy atom. The van der Waals surface area contributed by atoms with E-state index in [1.54, 1.807) is 0 Å². The number of epoxide rings is 2. The Hall–Kier alpha value is -0.610. The third-order valence-corrected chi connectivity index (χ3v) is 5.15. The van der Waals surface area contributed by atoms with E-state index in [1.807, 2.05) is 0 Å². The minimum absolute atomic E-state index is 0.0219. The van der Waals surface area contributed by atoms with Gasteiger partial charge in [0, 0.05) is 0 Å². The number of rotatable bonds is 2. The number of ether oxygens (including phenoxy) is 3. The zero-order chi connectivity index (χ0) is 12.3. The fraction of sp³-hybridized carbons (Fsp3) is 0.929. The topological polar surface area (TPSA) is 51.4 Å². The van der Waals surface area contributed by atoms with Crippen LogP contribution in [0.3, 0.4) is 0 Å². The minimum Gasteiger partial charge on any atom is -0.459 e. The van der Waals surface area contributed by atoms with Crippen LogP contribution in [0.4, 0.5) is 0 Å². The third-order valence-electron chi connectivity index (χ3n) is 5.15. The van der Waals surface area contributed by atoms with Crippen LogP contribution in [0.2, 0.25) is 0 Å². The van der Waals surface area contributed by atoms with E-state index in [9.17, 15) is 4.79 Å². The van der Waals surface area contributed by atoms with Crippen molar-refractivity contribution >= 4 is 5.97 Å². The van der Waals surface area contributed by atoms with Gasteiger partial charge in [-0.15, -0.1) is 0 Å². The number of carbonyl (C=O) groups is 1. The number of esters is 1. The molecular formula is C14H20O4. The second-order valence-corrected chi connectivity index (χ2v) is 6.37. The van der Waals surface area contributed by atoms with E-state index in [0.717, 1.165) is 38.5 Å². The number of hydrogen-bond donors (Lipinski definition) is 0. The van der Waals surface area contributed by atoms with E-state index in [-0.39, 0.29) is 23.6 Å². The third kappa shape index (κ3) is 1.69. The van der Waals surface area contributed by atoms with Gasteiger partial charge in [0.05, 0.1) is 24.2 Å². The fourth-order valence-corrected chi connectivity index (χ4v) is 3.71. The van der Waals surface area contributed by atoms with E-state index in [0.29, 0.717) is 18.3 Å². The van der Waals surface area contributed by atoms with E-state index < -0.39 is 0 Å². The number of hydrogen-bond acceptors (Lipinski definition) is 4. The van der Waals surface area contributed by atoms with E-state index >= 15 is 0 Å². The van der Waals surface area contributed by atoms with Crippen molar-refractivity contribution in [2.75, 3.05) is 0 Å². The van der Waals surface area contributed by atoms with Gasteiger partial charge in [-0.2, -0.15) is 0 Å². The summed E-state index contributed by atoms with van der Waals surface area (Å²) in [4.78, 5) is 12.2. The summed E-state index contributed by atoms with van der Waals surface area (Å²) >= 11 is 0. The van der Waals surface area contributed by atoms with Crippen LogP contribution in [0, 0.1) is 5.92 Å². The molecule has 2 saturated heterocycles. The van der Waals surface area contributed by atoms with Crippen molar-refractivity contribution in [3.05, 3.63) is 0 Å². The molecule has 4 fully saturated rings. The van der Waals surface area contributed by atoms with Gasteiger partial charge in [0.1, 0.15) is 11.7 Å². The molecular weight excluding hydrogens is 232 g/mol. The molecule has 0 aromatic carbocycles. The van der Waals surface area contributed by atoms with Crippen LogP contribution in [-0.4, -0.2) is 36.0 Å². The summed E-state index contributed by atoms with van der Waals surface area (Å²) in [5, 5.41) is 0. The van der Waals surface area contributed by atoms with Gasteiger partial charge < -0.3 is 14.2 Å². The first kappa shape index (κ1) is 11.2. The molecule has 6 unspecified atom stereocenters. The molecule has 0 aromatic heterocycles. The quantitative estimate of drug-likeness (QED) is 0.555. The highest BCUT2D eigenvalue weighted by molar-refractivity contribution is 5.73. The summed E-state index contributed by atoms with van der Waals surface area (Å²) in [6, 6.07) is 0. The molecule has 0 bridgehead atoms. The van der Waals surface area contributed by atoms with Crippen LogP contribution in [-0.2, 0) is 19.0 Å².